The average Bonchev–Trinajstić information content (AvgIpc) is 2.64. The van der Waals surface area contributed by atoms with Gasteiger partial charge in [-0.05, 0) is 19.1 Å². The smallest absolute Gasteiger partial charge is 0.347 e. The summed E-state index contributed by atoms with van der Waals surface area (Å²) in [6.45, 7) is 1.85. The number of anilines is 1. The summed E-state index contributed by atoms with van der Waals surface area (Å²) in [5.41, 5.74) is 6.99. The van der Waals surface area contributed by atoms with Gasteiger partial charge in [0.1, 0.15) is 11.9 Å². The van der Waals surface area contributed by atoms with Crippen LogP contribution in [0.1, 0.15) is 35.7 Å². The highest BCUT2D eigenvalue weighted by molar-refractivity contribution is 5.97. The van der Waals surface area contributed by atoms with E-state index >= 15 is 0 Å². The lowest BCUT2D eigenvalue weighted by Crippen LogP contribution is -2.33. The molecule has 27 heavy (non-hydrogen) atoms. The van der Waals surface area contributed by atoms with E-state index in [0.717, 1.165) is 0 Å². The Hall–Kier alpha value is -3.65. The van der Waals surface area contributed by atoms with Gasteiger partial charge in [-0.15, -0.1) is 0 Å². The molecule has 1 aromatic heterocycles. The normalized spacial score (nSPS) is 17.9. The molecule has 2 N–H and O–H groups in total. The molecule has 1 heterocycles. The van der Waals surface area contributed by atoms with Gasteiger partial charge in [0.05, 0.1) is 30.2 Å². The van der Waals surface area contributed by atoms with E-state index < -0.39 is 5.97 Å². The molecule has 0 spiro atoms. The van der Waals surface area contributed by atoms with Gasteiger partial charge in [-0.25, -0.2) is 9.78 Å². The molecule has 3 rings (SSSR count). The van der Waals surface area contributed by atoms with Crippen molar-refractivity contribution in [3.05, 3.63) is 35.4 Å². The summed E-state index contributed by atoms with van der Waals surface area (Å²) in [6.07, 6.45) is 0.888. The van der Waals surface area contributed by atoms with Crippen LogP contribution in [0.15, 0.2) is 24.3 Å². The van der Waals surface area contributed by atoms with Crippen LogP contribution in [0.3, 0.4) is 0 Å². The highest BCUT2D eigenvalue weighted by Gasteiger charge is 2.33. The summed E-state index contributed by atoms with van der Waals surface area (Å²) in [7, 11) is 0. The fourth-order valence-electron chi connectivity index (χ4n) is 2.72. The first-order valence-electron chi connectivity index (χ1n) is 8.47. The summed E-state index contributed by atoms with van der Waals surface area (Å²) >= 11 is 0. The molecule has 1 saturated carbocycles. The fourth-order valence-corrected chi connectivity index (χ4v) is 2.72. The first-order valence-corrected chi connectivity index (χ1v) is 8.47. The molecule has 0 bridgehead atoms. The molecule has 1 aliphatic carbocycles. The number of nitrogen functional groups attached to an aromatic ring is 1. The highest BCUT2D eigenvalue weighted by atomic mass is 16.5. The zero-order valence-corrected chi connectivity index (χ0v) is 14.7. The van der Waals surface area contributed by atoms with Crippen molar-refractivity contribution in [2.75, 3.05) is 12.3 Å². The van der Waals surface area contributed by atoms with Gasteiger partial charge in [0, 0.05) is 18.4 Å². The van der Waals surface area contributed by atoms with Crippen LogP contribution in [0.25, 0.3) is 11.4 Å². The Morgan fingerprint density at radius 2 is 2.11 bits per heavy atom. The third kappa shape index (κ3) is 3.80. The number of nitrogens with zero attached hydrogens (tertiary/aromatic N) is 4. The summed E-state index contributed by atoms with van der Waals surface area (Å²) in [4.78, 5) is 20.8. The maximum Gasteiger partial charge on any atom is 0.347 e. The van der Waals surface area contributed by atoms with Gasteiger partial charge in [0.2, 0.25) is 5.88 Å². The quantitative estimate of drug-likeness (QED) is 0.800. The van der Waals surface area contributed by atoms with Crippen LogP contribution < -0.4 is 10.5 Å². The third-order valence-corrected chi connectivity index (χ3v) is 4.19. The second-order valence-electron chi connectivity index (χ2n) is 6.06. The molecule has 0 saturated heterocycles. The van der Waals surface area contributed by atoms with Crippen molar-refractivity contribution in [2.45, 2.75) is 25.9 Å². The zero-order chi connectivity index (χ0) is 19.4. The molecule has 1 aliphatic rings. The first-order chi connectivity index (χ1) is 13.0. The number of rotatable bonds is 5. The number of carbonyl (C=O) groups is 1. The highest BCUT2D eigenvalue weighted by Crippen LogP contribution is 2.34. The topological polar surface area (TPSA) is 135 Å². The lowest BCUT2D eigenvalue weighted by Gasteiger charge is -2.31. The number of aromatic nitrogens is 2. The Kier molecular flexibility index (Phi) is 5.18. The van der Waals surface area contributed by atoms with Gasteiger partial charge < -0.3 is 15.2 Å². The molecule has 8 heteroatoms. The van der Waals surface area contributed by atoms with E-state index in [1.165, 1.54) is 0 Å². The van der Waals surface area contributed by atoms with Crippen LogP contribution in [-0.2, 0) is 4.74 Å². The van der Waals surface area contributed by atoms with Crippen LogP contribution in [0.4, 0.5) is 5.82 Å². The Balaban J connectivity index is 2.00. The molecule has 0 atom stereocenters. The first kappa shape index (κ1) is 18.2. The number of hydrogen-bond acceptors (Lipinski definition) is 8. The largest absolute Gasteiger partial charge is 0.473 e. The van der Waals surface area contributed by atoms with Crippen molar-refractivity contribution in [2.24, 2.45) is 5.92 Å². The van der Waals surface area contributed by atoms with E-state index in [1.54, 1.807) is 31.2 Å². The lowest BCUT2D eigenvalue weighted by molar-refractivity contribution is 0.0499. The number of nitriles is 2. The number of nitrogens with two attached hydrogens (primary N) is 1. The molecule has 2 aromatic rings. The van der Waals surface area contributed by atoms with Gasteiger partial charge in [0.15, 0.2) is 11.4 Å². The van der Waals surface area contributed by atoms with Crippen molar-refractivity contribution >= 4 is 11.8 Å². The molecular weight excluding hydrogens is 346 g/mol. The number of hydrogen-bond donors (Lipinski definition) is 1. The van der Waals surface area contributed by atoms with Crippen LogP contribution in [-0.4, -0.2) is 28.6 Å². The fraction of sp³-hybridized carbons (Fsp3) is 0.316. The predicted octanol–water partition coefficient (Wildman–Crippen LogP) is 2.46. The molecule has 0 aliphatic heterocycles. The van der Waals surface area contributed by atoms with Crippen LogP contribution >= 0.6 is 0 Å². The Bertz CT molecular complexity index is 955. The summed E-state index contributed by atoms with van der Waals surface area (Å²) in [5.74, 6) is -0.527. The number of ether oxygens (including phenoxy) is 2. The molecule has 136 valence electrons. The van der Waals surface area contributed by atoms with Crippen molar-refractivity contribution in [1.82, 2.24) is 9.97 Å². The van der Waals surface area contributed by atoms with E-state index in [4.69, 9.17) is 25.7 Å². The van der Waals surface area contributed by atoms with Gasteiger partial charge in [-0.3, -0.25) is 0 Å². The summed E-state index contributed by atoms with van der Waals surface area (Å²) in [5, 5.41) is 18.0. The number of carbonyl (C=O) groups excluding carboxylic acids is 1. The predicted molar refractivity (Wildman–Crippen MR) is 95.3 cm³/mol. The molecule has 1 aromatic carbocycles. The van der Waals surface area contributed by atoms with Gasteiger partial charge in [0.25, 0.3) is 0 Å². The molecule has 1 fully saturated rings. The minimum Gasteiger partial charge on any atom is -0.473 e. The van der Waals surface area contributed by atoms with Gasteiger partial charge in [-0.2, -0.15) is 15.5 Å². The second kappa shape index (κ2) is 7.71. The molecule has 0 amide bonds. The molecular formula is C19H17N5O3. The molecule has 8 nitrogen and oxygen atoms in total. The summed E-state index contributed by atoms with van der Waals surface area (Å²) < 4.78 is 10.9. The monoisotopic (exact) mass is 363 g/mol. The van der Waals surface area contributed by atoms with Crippen LogP contribution in [0.5, 0.6) is 5.88 Å². The van der Waals surface area contributed by atoms with Gasteiger partial charge >= 0.3 is 5.97 Å². The van der Waals surface area contributed by atoms with Crippen molar-refractivity contribution in [1.29, 1.82) is 10.5 Å². The third-order valence-electron chi connectivity index (χ3n) is 4.19. The number of esters is 1. The van der Waals surface area contributed by atoms with E-state index in [1.807, 2.05) is 0 Å². The second-order valence-corrected chi connectivity index (χ2v) is 6.06. The van der Waals surface area contributed by atoms with Crippen molar-refractivity contribution < 1.29 is 14.3 Å². The van der Waals surface area contributed by atoms with Crippen LogP contribution in [0, 0.1) is 28.6 Å². The standard InChI is InChI=1S/C19H17N5O3/c1-2-26-19(25)15-16(22)23-17(13-5-3-4-11(6-13)9-20)24-18(15)27-14-7-12(8-14)10-21/h3-6,12,14H,2,7-8H2,1H3,(H2,22,23,24). The average molecular weight is 363 g/mol. The summed E-state index contributed by atoms with van der Waals surface area (Å²) in [6, 6.07) is 11.0. The minimum absolute atomic E-state index is 0.0275. The Labute approximate surface area is 156 Å². The number of benzene rings is 1. The van der Waals surface area contributed by atoms with Gasteiger partial charge in [-0.1, -0.05) is 12.1 Å². The SMILES string of the molecule is CCOC(=O)c1c(N)nc(-c2cccc(C#N)c2)nc1OC1CC(C#N)C1. The molecule has 0 unspecified atom stereocenters. The van der Waals surface area contributed by atoms with E-state index in [2.05, 4.69) is 22.1 Å². The maximum absolute atomic E-state index is 12.3. The molecule has 0 radical (unpaired) electrons. The van der Waals surface area contributed by atoms with Crippen molar-refractivity contribution in [3.63, 3.8) is 0 Å². The van der Waals surface area contributed by atoms with E-state index in [9.17, 15) is 4.79 Å². The van der Waals surface area contributed by atoms with E-state index in [-0.39, 0.29) is 41.7 Å². The Morgan fingerprint density at radius 1 is 1.33 bits per heavy atom. The van der Waals surface area contributed by atoms with Crippen molar-refractivity contribution in [3.8, 4) is 29.4 Å². The lowest BCUT2D eigenvalue weighted by atomic mass is 9.83. The zero-order valence-electron chi connectivity index (χ0n) is 14.7. The maximum atomic E-state index is 12.3. The van der Waals surface area contributed by atoms with Crippen LogP contribution in [0.2, 0.25) is 0 Å². The van der Waals surface area contributed by atoms with E-state index in [0.29, 0.717) is 24.0 Å². The Morgan fingerprint density at radius 3 is 2.78 bits per heavy atom. The minimum atomic E-state index is -0.668.